The van der Waals surface area contributed by atoms with E-state index in [1.165, 1.54) is 29.1 Å². The number of carbonyl (C=O) groups excluding carboxylic acids is 1. The van der Waals surface area contributed by atoms with Gasteiger partial charge in [0.2, 0.25) is 0 Å². The van der Waals surface area contributed by atoms with Crippen LogP contribution < -0.4 is 0 Å². The molecule has 4 rings (SSSR count). The lowest BCUT2D eigenvalue weighted by Crippen LogP contribution is -2.06. The Balaban J connectivity index is 1.58. The fraction of sp³-hybridized carbons (Fsp3) is 0.208. The molecule has 0 bridgehead atoms. The molecular formula is C24H23N5OS2. The molecule has 0 amide bonds. The van der Waals surface area contributed by atoms with E-state index in [0.717, 1.165) is 28.1 Å². The van der Waals surface area contributed by atoms with Gasteiger partial charge < -0.3 is 0 Å². The van der Waals surface area contributed by atoms with Gasteiger partial charge in [-0.3, -0.25) is 9.36 Å². The van der Waals surface area contributed by atoms with Gasteiger partial charge in [0, 0.05) is 22.6 Å². The first-order valence-electron chi connectivity index (χ1n) is 10.2. The van der Waals surface area contributed by atoms with E-state index in [9.17, 15) is 4.79 Å². The molecule has 0 saturated heterocycles. The molecule has 4 aromatic rings. The molecule has 6 nitrogen and oxygen atoms in total. The number of hydrogen-bond donors (Lipinski definition) is 0. The minimum Gasteiger partial charge on any atom is -0.293 e. The van der Waals surface area contributed by atoms with E-state index >= 15 is 0 Å². The number of aromatic nitrogens is 5. The maximum Gasteiger partial charge on any atom is 0.196 e. The van der Waals surface area contributed by atoms with Gasteiger partial charge in [0.1, 0.15) is 5.82 Å². The molecule has 2 heterocycles. The molecule has 0 N–H and O–H groups in total. The zero-order chi connectivity index (χ0) is 22.5. The molecule has 2 aromatic heterocycles. The van der Waals surface area contributed by atoms with Crippen LogP contribution in [0.5, 0.6) is 0 Å². The minimum absolute atomic E-state index is 0.0635. The van der Waals surface area contributed by atoms with E-state index in [-0.39, 0.29) is 5.78 Å². The molecular weight excluding hydrogens is 438 g/mol. The van der Waals surface area contributed by atoms with Gasteiger partial charge in [-0.1, -0.05) is 71.6 Å². The number of Topliss-reactive ketones (excluding diaryl/α,β-unsaturated/α-hetero) is 1. The van der Waals surface area contributed by atoms with Crippen LogP contribution in [0.1, 0.15) is 33.1 Å². The summed E-state index contributed by atoms with van der Waals surface area (Å²) >= 11 is 2.92. The highest BCUT2D eigenvalue weighted by molar-refractivity contribution is 7.99. The third-order valence-corrected chi connectivity index (χ3v) is 6.49. The van der Waals surface area contributed by atoms with Gasteiger partial charge in [-0.2, -0.15) is 0 Å². The van der Waals surface area contributed by atoms with Crippen LogP contribution in [0, 0.1) is 20.8 Å². The van der Waals surface area contributed by atoms with Gasteiger partial charge in [0.25, 0.3) is 0 Å². The van der Waals surface area contributed by atoms with Crippen LogP contribution in [-0.2, 0) is 5.75 Å². The van der Waals surface area contributed by atoms with Gasteiger partial charge in [-0.25, -0.2) is 9.97 Å². The van der Waals surface area contributed by atoms with Crippen molar-refractivity contribution in [2.75, 3.05) is 5.75 Å². The summed E-state index contributed by atoms with van der Waals surface area (Å²) < 4.78 is 2.01. The first-order chi connectivity index (χ1) is 15.5. The van der Waals surface area contributed by atoms with E-state index in [1.54, 1.807) is 0 Å². The third-order valence-electron chi connectivity index (χ3n) is 4.71. The van der Waals surface area contributed by atoms with E-state index in [4.69, 9.17) is 0 Å². The van der Waals surface area contributed by atoms with E-state index in [1.807, 2.05) is 66.9 Å². The molecule has 8 heteroatoms. The fourth-order valence-electron chi connectivity index (χ4n) is 3.17. The van der Waals surface area contributed by atoms with Gasteiger partial charge in [0.05, 0.1) is 11.5 Å². The van der Waals surface area contributed by atoms with Gasteiger partial charge in [0.15, 0.2) is 16.1 Å². The Morgan fingerprint density at radius 2 is 1.56 bits per heavy atom. The van der Waals surface area contributed by atoms with Crippen molar-refractivity contribution in [1.82, 2.24) is 24.7 Å². The maximum absolute atomic E-state index is 12.6. The highest BCUT2D eigenvalue weighted by Crippen LogP contribution is 2.27. The number of benzene rings is 2. The normalized spacial score (nSPS) is 11.0. The second-order valence-corrected chi connectivity index (χ2v) is 9.25. The Hall–Kier alpha value is -2.97. The lowest BCUT2D eigenvalue weighted by Gasteiger charge is -2.10. The Labute approximate surface area is 195 Å². The molecule has 32 heavy (non-hydrogen) atoms. The average Bonchev–Trinajstić information content (AvgIpc) is 3.19. The molecule has 162 valence electrons. The van der Waals surface area contributed by atoms with E-state index in [0.29, 0.717) is 22.2 Å². The number of carbonyl (C=O) groups is 1. The summed E-state index contributed by atoms with van der Waals surface area (Å²) in [5, 5.41) is 10.2. The quantitative estimate of drug-likeness (QED) is 0.202. The molecule has 0 spiro atoms. The van der Waals surface area contributed by atoms with Crippen molar-refractivity contribution in [2.45, 2.75) is 36.8 Å². The average molecular weight is 462 g/mol. The Bertz CT molecular complexity index is 1200. The molecule has 0 fully saturated rings. The summed E-state index contributed by atoms with van der Waals surface area (Å²) in [5.41, 5.74) is 4.72. The molecule has 0 aliphatic carbocycles. The molecule has 0 aliphatic rings. The molecule has 0 atom stereocenters. The first kappa shape index (κ1) is 22.2. The van der Waals surface area contributed by atoms with Crippen LogP contribution in [0.15, 0.2) is 71.0 Å². The highest BCUT2D eigenvalue weighted by Gasteiger charge is 2.17. The van der Waals surface area contributed by atoms with Crippen LogP contribution >= 0.6 is 23.5 Å². The van der Waals surface area contributed by atoms with E-state index in [2.05, 4.69) is 39.2 Å². The summed E-state index contributed by atoms with van der Waals surface area (Å²) in [5.74, 6) is 1.71. The predicted molar refractivity (Wildman–Crippen MR) is 129 cm³/mol. The first-order valence-corrected chi connectivity index (χ1v) is 12.1. The third kappa shape index (κ3) is 5.44. The largest absolute Gasteiger partial charge is 0.293 e. The number of aryl methyl sites for hydroxylation is 3. The zero-order valence-corrected chi connectivity index (χ0v) is 19.8. The lowest BCUT2D eigenvalue weighted by atomic mass is 10.2. The van der Waals surface area contributed by atoms with Gasteiger partial charge >= 0.3 is 0 Å². The molecule has 0 radical (unpaired) electrons. The number of thioether (sulfide) groups is 2. The molecule has 0 aliphatic heterocycles. The topological polar surface area (TPSA) is 73.6 Å². The second-order valence-electron chi connectivity index (χ2n) is 7.37. The molecule has 0 unspecified atom stereocenters. The zero-order valence-electron chi connectivity index (χ0n) is 18.1. The summed E-state index contributed by atoms with van der Waals surface area (Å²) in [4.78, 5) is 21.6. The summed E-state index contributed by atoms with van der Waals surface area (Å²) in [6, 6.07) is 19.5. The van der Waals surface area contributed by atoms with Crippen molar-refractivity contribution < 1.29 is 4.79 Å². The Morgan fingerprint density at radius 3 is 2.25 bits per heavy atom. The SMILES string of the molecule is Cc1ccc(-n2c(CSc3nc(C)cc(C)n3)nnc2SCC(=O)c2ccccc2)cc1. The molecule has 2 aromatic carbocycles. The smallest absolute Gasteiger partial charge is 0.196 e. The molecule has 0 saturated carbocycles. The van der Waals surface area contributed by atoms with Crippen LogP contribution in [0.4, 0.5) is 0 Å². The number of hydrogen-bond acceptors (Lipinski definition) is 7. The Morgan fingerprint density at radius 1 is 0.875 bits per heavy atom. The van der Waals surface area contributed by atoms with Gasteiger partial charge in [-0.05, 0) is 39.0 Å². The van der Waals surface area contributed by atoms with Crippen molar-refractivity contribution in [3.8, 4) is 5.69 Å². The van der Waals surface area contributed by atoms with Crippen molar-refractivity contribution in [3.05, 3.63) is 89.0 Å². The number of rotatable bonds is 8. The second kappa shape index (κ2) is 10.1. The maximum atomic E-state index is 12.6. The van der Waals surface area contributed by atoms with Crippen LogP contribution in [0.25, 0.3) is 5.69 Å². The van der Waals surface area contributed by atoms with Crippen molar-refractivity contribution in [3.63, 3.8) is 0 Å². The summed E-state index contributed by atoms with van der Waals surface area (Å²) in [6.45, 7) is 5.98. The number of ketones is 1. The number of nitrogens with zero attached hydrogens (tertiary/aromatic N) is 5. The van der Waals surface area contributed by atoms with Crippen molar-refractivity contribution in [2.24, 2.45) is 0 Å². The summed E-state index contributed by atoms with van der Waals surface area (Å²) in [7, 11) is 0. The lowest BCUT2D eigenvalue weighted by molar-refractivity contribution is 0.102. The fourth-order valence-corrected chi connectivity index (χ4v) is 4.89. The summed E-state index contributed by atoms with van der Waals surface area (Å²) in [6.07, 6.45) is 0. The Kier molecular flexibility index (Phi) is 7.02. The van der Waals surface area contributed by atoms with Gasteiger partial charge in [-0.15, -0.1) is 10.2 Å². The van der Waals surface area contributed by atoms with Crippen molar-refractivity contribution in [1.29, 1.82) is 0 Å². The van der Waals surface area contributed by atoms with Crippen LogP contribution in [-0.4, -0.2) is 36.3 Å². The minimum atomic E-state index is 0.0635. The monoisotopic (exact) mass is 461 g/mol. The van der Waals surface area contributed by atoms with Crippen LogP contribution in [0.2, 0.25) is 0 Å². The van der Waals surface area contributed by atoms with Crippen molar-refractivity contribution >= 4 is 29.3 Å². The predicted octanol–water partition coefficient (Wildman–Crippen LogP) is 5.25. The standard InChI is InChI=1S/C24H23N5OS2/c1-16-9-11-20(12-10-16)29-22(15-31-23-25-17(2)13-18(3)26-23)27-28-24(29)32-14-21(30)19-7-5-4-6-8-19/h4-13H,14-15H2,1-3H3. The van der Waals surface area contributed by atoms with E-state index < -0.39 is 0 Å². The highest BCUT2D eigenvalue weighted by atomic mass is 32.2. The van der Waals surface area contributed by atoms with Crippen LogP contribution in [0.3, 0.4) is 0 Å².